The quantitative estimate of drug-likeness (QED) is 0.663. The van der Waals surface area contributed by atoms with Gasteiger partial charge in [0.05, 0.1) is 13.2 Å². The molecular weight excluding hydrogens is 168 g/mol. The van der Waals surface area contributed by atoms with Crippen molar-refractivity contribution in [2.45, 2.75) is 38.5 Å². The minimum Gasteiger partial charge on any atom is -0.394 e. The molecule has 0 aromatic heterocycles. The van der Waals surface area contributed by atoms with Gasteiger partial charge >= 0.3 is 0 Å². The molecule has 1 aliphatic carbocycles. The monoisotopic (exact) mass is 192 g/mol. The maximum Gasteiger partial charge on any atom is 0.0662 e. The highest BCUT2D eigenvalue weighted by Crippen LogP contribution is 2.15. The van der Waals surface area contributed by atoms with E-state index in [9.17, 15) is 0 Å². The average molecular weight is 192 g/mol. The van der Waals surface area contributed by atoms with Crippen LogP contribution in [0.25, 0.3) is 0 Å². The van der Waals surface area contributed by atoms with Gasteiger partial charge in [0.15, 0.2) is 0 Å². The Bertz CT molecular complexity index is 49.7. The molecule has 0 aromatic rings. The van der Waals surface area contributed by atoms with Gasteiger partial charge < -0.3 is 14.9 Å². The van der Waals surface area contributed by atoms with E-state index in [0.29, 0.717) is 0 Å². The third-order valence-corrected chi connectivity index (χ3v) is 1.60. The Hall–Kier alpha value is -0.120. The van der Waals surface area contributed by atoms with Crippen molar-refractivity contribution in [3.05, 3.63) is 0 Å². The van der Waals surface area contributed by atoms with E-state index < -0.39 is 0 Å². The number of ether oxygens (including phenoxy) is 1. The largest absolute Gasteiger partial charge is 0.394 e. The smallest absolute Gasteiger partial charge is 0.0662 e. The molecule has 0 bridgehead atoms. The Morgan fingerprint density at radius 1 is 0.769 bits per heavy atom. The standard InChI is InChI=1S/C6H12.C2H6O2.C2H6O/c1-2-4-6-5-3-1;3-1-2-4;1-3-2/h1-6H2;3-4H,1-2H2;1-2H3. The lowest BCUT2D eigenvalue weighted by Gasteiger charge is -2.05. The molecule has 3 heteroatoms. The van der Waals surface area contributed by atoms with Gasteiger partial charge in [-0.05, 0) is 0 Å². The van der Waals surface area contributed by atoms with Crippen molar-refractivity contribution < 1.29 is 14.9 Å². The predicted molar refractivity (Wildman–Crippen MR) is 54.8 cm³/mol. The lowest BCUT2D eigenvalue weighted by atomic mass is 10.0. The molecule has 0 saturated heterocycles. The molecule has 2 N–H and O–H groups in total. The van der Waals surface area contributed by atoms with E-state index in [0.717, 1.165) is 0 Å². The van der Waals surface area contributed by atoms with Gasteiger partial charge in [0, 0.05) is 14.2 Å². The molecule has 0 atom stereocenters. The zero-order chi connectivity index (χ0) is 10.4. The second-order valence-electron chi connectivity index (χ2n) is 2.98. The van der Waals surface area contributed by atoms with Crippen LogP contribution in [0.2, 0.25) is 0 Å². The number of hydrogen-bond acceptors (Lipinski definition) is 3. The summed E-state index contributed by atoms with van der Waals surface area (Å²) in [5.74, 6) is 0. The van der Waals surface area contributed by atoms with Crippen molar-refractivity contribution in [3.8, 4) is 0 Å². The van der Waals surface area contributed by atoms with E-state index in [4.69, 9.17) is 10.2 Å². The maximum absolute atomic E-state index is 7.62. The van der Waals surface area contributed by atoms with E-state index >= 15 is 0 Å². The fourth-order valence-corrected chi connectivity index (χ4v) is 1.06. The number of aliphatic hydroxyl groups is 2. The Morgan fingerprint density at radius 2 is 0.923 bits per heavy atom. The fourth-order valence-electron chi connectivity index (χ4n) is 1.06. The molecule has 3 nitrogen and oxygen atoms in total. The molecule has 1 rings (SSSR count). The molecule has 0 radical (unpaired) electrons. The summed E-state index contributed by atoms with van der Waals surface area (Å²) in [6, 6.07) is 0. The molecule has 0 heterocycles. The van der Waals surface area contributed by atoms with Gasteiger partial charge in [-0.1, -0.05) is 38.5 Å². The average Bonchev–Trinajstić information content (AvgIpc) is 2.22. The molecular formula is C10H24O3. The van der Waals surface area contributed by atoms with Crippen molar-refractivity contribution in [2.24, 2.45) is 0 Å². The lowest BCUT2D eigenvalue weighted by molar-refractivity contribution is 0.186. The van der Waals surface area contributed by atoms with E-state index in [1.807, 2.05) is 0 Å². The van der Waals surface area contributed by atoms with Crippen molar-refractivity contribution in [2.75, 3.05) is 27.4 Å². The number of aliphatic hydroxyl groups excluding tert-OH is 2. The van der Waals surface area contributed by atoms with Gasteiger partial charge in [0.25, 0.3) is 0 Å². The molecule has 1 saturated carbocycles. The van der Waals surface area contributed by atoms with Gasteiger partial charge in [-0.2, -0.15) is 0 Å². The Kier molecular flexibility index (Phi) is 21.1. The van der Waals surface area contributed by atoms with Crippen molar-refractivity contribution >= 4 is 0 Å². The normalized spacial score (nSPS) is 14.8. The van der Waals surface area contributed by atoms with Crippen LogP contribution in [0.5, 0.6) is 0 Å². The highest BCUT2D eigenvalue weighted by Gasteiger charge is 1.95. The summed E-state index contributed by atoms with van der Waals surface area (Å²) in [5.41, 5.74) is 0. The first kappa shape index (κ1) is 15.4. The Balaban J connectivity index is 0. The van der Waals surface area contributed by atoms with Crippen LogP contribution in [0.1, 0.15) is 38.5 Å². The second-order valence-corrected chi connectivity index (χ2v) is 2.98. The van der Waals surface area contributed by atoms with Crippen LogP contribution in [0.4, 0.5) is 0 Å². The van der Waals surface area contributed by atoms with Gasteiger partial charge in [0.1, 0.15) is 0 Å². The molecule has 82 valence electrons. The van der Waals surface area contributed by atoms with Crippen LogP contribution in [0, 0.1) is 0 Å². The summed E-state index contributed by atoms with van der Waals surface area (Å²) in [6.07, 6.45) is 9.00. The van der Waals surface area contributed by atoms with E-state index in [1.54, 1.807) is 14.2 Å². The van der Waals surface area contributed by atoms with Gasteiger partial charge in [-0.15, -0.1) is 0 Å². The van der Waals surface area contributed by atoms with Gasteiger partial charge in [0.2, 0.25) is 0 Å². The molecule has 0 aromatic carbocycles. The van der Waals surface area contributed by atoms with Crippen molar-refractivity contribution in [3.63, 3.8) is 0 Å². The number of rotatable bonds is 1. The number of methoxy groups -OCH3 is 1. The zero-order valence-corrected chi connectivity index (χ0v) is 8.96. The van der Waals surface area contributed by atoms with E-state index in [2.05, 4.69) is 4.74 Å². The highest BCUT2D eigenvalue weighted by molar-refractivity contribution is 4.51. The summed E-state index contributed by atoms with van der Waals surface area (Å²) in [5, 5.41) is 15.2. The molecule has 0 spiro atoms. The van der Waals surface area contributed by atoms with Gasteiger partial charge in [-0.25, -0.2) is 0 Å². The number of hydrogen-bond donors (Lipinski definition) is 2. The SMILES string of the molecule is C1CCCCC1.COC.OCCO. The summed E-state index contributed by atoms with van der Waals surface area (Å²) < 4.78 is 4.25. The lowest BCUT2D eigenvalue weighted by Crippen LogP contribution is -1.85. The minimum absolute atomic E-state index is 0.125. The Labute approximate surface area is 81.7 Å². The predicted octanol–water partition coefficient (Wildman–Crippen LogP) is 1.57. The van der Waals surface area contributed by atoms with Crippen LogP contribution in [0.3, 0.4) is 0 Å². The third kappa shape index (κ3) is 24.5. The van der Waals surface area contributed by atoms with E-state index in [1.165, 1.54) is 38.5 Å². The Morgan fingerprint density at radius 3 is 1.00 bits per heavy atom. The van der Waals surface area contributed by atoms with Crippen LogP contribution in [0.15, 0.2) is 0 Å². The maximum atomic E-state index is 7.62. The minimum atomic E-state index is -0.125. The van der Waals surface area contributed by atoms with Crippen molar-refractivity contribution in [1.29, 1.82) is 0 Å². The second kappa shape index (κ2) is 17.8. The molecule has 1 aliphatic rings. The first-order valence-electron chi connectivity index (χ1n) is 4.95. The first-order valence-corrected chi connectivity index (χ1v) is 4.95. The summed E-state index contributed by atoms with van der Waals surface area (Å²) in [7, 11) is 3.25. The molecule has 0 unspecified atom stereocenters. The van der Waals surface area contributed by atoms with Crippen molar-refractivity contribution in [1.82, 2.24) is 0 Å². The summed E-state index contributed by atoms with van der Waals surface area (Å²) >= 11 is 0. The topological polar surface area (TPSA) is 49.7 Å². The fraction of sp³-hybridized carbons (Fsp3) is 1.00. The molecule has 0 aliphatic heterocycles. The molecule has 0 amide bonds. The zero-order valence-electron chi connectivity index (χ0n) is 8.96. The summed E-state index contributed by atoms with van der Waals surface area (Å²) in [4.78, 5) is 0. The van der Waals surface area contributed by atoms with Crippen LogP contribution >= 0.6 is 0 Å². The van der Waals surface area contributed by atoms with Crippen LogP contribution in [-0.4, -0.2) is 37.6 Å². The third-order valence-electron chi connectivity index (χ3n) is 1.60. The molecule has 13 heavy (non-hydrogen) atoms. The summed E-state index contributed by atoms with van der Waals surface area (Å²) in [6.45, 7) is -0.250. The highest BCUT2D eigenvalue weighted by atomic mass is 16.4. The molecule has 1 fully saturated rings. The van der Waals surface area contributed by atoms with E-state index in [-0.39, 0.29) is 13.2 Å². The van der Waals surface area contributed by atoms with Gasteiger partial charge in [-0.3, -0.25) is 0 Å². The first-order chi connectivity index (χ1) is 6.33. The van der Waals surface area contributed by atoms with Crippen LogP contribution < -0.4 is 0 Å². The van der Waals surface area contributed by atoms with Crippen LogP contribution in [-0.2, 0) is 4.74 Å².